The minimum absolute atomic E-state index is 0.0843. The third-order valence-electron chi connectivity index (χ3n) is 3.67. The van der Waals surface area contributed by atoms with Crippen LogP contribution in [0.15, 0.2) is 52.7 Å². The van der Waals surface area contributed by atoms with Gasteiger partial charge in [0.1, 0.15) is 13.2 Å². The number of nitrogens with one attached hydrogen (secondary N) is 1. The van der Waals surface area contributed by atoms with Crippen LogP contribution in [0.5, 0.6) is 11.5 Å². The topological polar surface area (TPSA) is 77.5 Å². The second kappa shape index (κ2) is 6.79. The molecule has 4 rings (SSSR count). The molecule has 0 saturated heterocycles. The molecule has 26 heavy (non-hydrogen) atoms. The summed E-state index contributed by atoms with van der Waals surface area (Å²) in [5.41, 5.74) is 1.47. The number of nitrogens with zero attached hydrogens (tertiary/aromatic N) is 1. The summed E-state index contributed by atoms with van der Waals surface area (Å²) in [7, 11) is -3.75. The highest BCUT2D eigenvalue weighted by Gasteiger charge is 2.18. The summed E-state index contributed by atoms with van der Waals surface area (Å²) < 4.78 is 38.4. The molecule has 9 heteroatoms. The number of benzene rings is 2. The van der Waals surface area contributed by atoms with Gasteiger partial charge in [-0.05, 0) is 36.4 Å². The van der Waals surface area contributed by atoms with Gasteiger partial charge in [-0.3, -0.25) is 4.72 Å². The van der Waals surface area contributed by atoms with Gasteiger partial charge in [-0.25, -0.2) is 13.4 Å². The van der Waals surface area contributed by atoms with E-state index in [1.54, 1.807) is 17.5 Å². The first kappa shape index (κ1) is 17.1. The Hall–Kier alpha value is -2.29. The largest absolute Gasteiger partial charge is 0.486 e. The summed E-state index contributed by atoms with van der Waals surface area (Å²) in [5.74, 6) is 1.35. The van der Waals surface area contributed by atoms with E-state index < -0.39 is 10.0 Å². The Kier molecular flexibility index (Phi) is 4.47. The zero-order valence-electron chi connectivity index (χ0n) is 13.3. The molecule has 0 unspecified atom stereocenters. The van der Waals surface area contributed by atoms with Gasteiger partial charge in [0.05, 0.1) is 10.6 Å². The van der Waals surface area contributed by atoms with Crippen molar-refractivity contribution in [2.75, 3.05) is 17.9 Å². The highest BCUT2D eigenvalue weighted by molar-refractivity contribution is 7.93. The first-order valence-electron chi connectivity index (χ1n) is 7.65. The van der Waals surface area contributed by atoms with Crippen molar-refractivity contribution in [3.63, 3.8) is 0 Å². The van der Waals surface area contributed by atoms with Crippen LogP contribution in [-0.2, 0) is 10.0 Å². The Labute approximate surface area is 159 Å². The van der Waals surface area contributed by atoms with E-state index in [4.69, 9.17) is 21.1 Å². The van der Waals surface area contributed by atoms with E-state index >= 15 is 0 Å². The molecular formula is C17H13ClN2O4S2. The Balaban J connectivity index is 1.58. The predicted octanol–water partition coefficient (Wildman–Crippen LogP) is 4.04. The first-order valence-corrected chi connectivity index (χ1v) is 10.4. The van der Waals surface area contributed by atoms with Crippen LogP contribution in [0.25, 0.3) is 11.3 Å². The van der Waals surface area contributed by atoms with E-state index in [0.717, 1.165) is 5.56 Å². The van der Waals surface area contributed by atoms with Gasteiger partial charge in [0.25, 0.3) is 10.0 Å². The van der Waals surface area contributed by atoms with Crippen molar-refractivity contribution in [3.8, 4) is 22.8 Å². The standard InChI is InChI=1S/C17H13ClN2O4S2/c18-12-2-1-3-13(9-12)26(21,22)20-17-19-14(10-25-17)11-4-5-15-16(8-11)24-7-6-23-15/h1-5,8-10H,6-7H2,(H,19,20). The molecular weight excluding hydrogens is 396 g/mol. The molecule has 0 radical (unpaired) electrons. The first-order chi connectivity index (χ1) is 12.5. The lowest BCUT2D eigenvalue weighted by atomic mass is 10.1. The number of hydrogen-bond acceptors (Lipinski definition) is 6. The Morgan fingerprint density at radius 3 is 2.69 bits per heavy atom. The van der Waals surface area contributed by atoms with Gasteiger partial charge in [0.2, 0.25) is 0 Å². The maximum atomic E-state index is 12.5. The molecule has 134 valence electrons. The minimum Gasteiger partial charge on any atom is -0.486 e. The zero-order valence-corrected chi connectivity index (χ0v) is 15.7. The van der Waals surface area contributed by atoms with Crippen molar-refractivity contribution in [3.05, 3.63) is 52.9 Å². The van der Waals surface area contributed by atoms with Crippen molar-refractivity contribution in [2.45, 2.75) is 4.90 Å². The molecule has 0 amide bonds. The van der Waals surface area contributed by atoms with Gasteiger partial charge in [-0.2, -0.15) is 0 Å². The molecule has 1 N–H and O–H groups in total. The fourth-order valence-electron chi connectivity index (χ4n) is 2.46. The van der Waals surface area contributed by atoms with Crippen molar-refractivity contribution < 1.29 is 17.9 Å². The molecule has 0 aliphatic carbocycles. The molecule has 1 aliphatic rings. The monoisotopic (exact) mass is 408 g/mol. The lowest BCUT2D eigenvalue weighted by Crippen LogP contribution is -2.15. The molecule has 0 saturated carbocycles. The molecule has 2 heterocycles. The number of anilines is 1. The van der Waals surface area contributed by atoms with Crippen LogP contribution in [-0.4, -0.2) is 26.6 Å². The highest BCUT2D eigenvalue weighted by atomic mass is 35.5. The number of rotatable bonds is 4. The van der Waals surface area contributed by atoms with E-state index in [2.05, 4.69) is 9.71 Å². The van der Waals surface area contributed by atoms with E-state index in [9.17, 15) is 8.42 Å². The van der Waals surface area contributed by atoms with Crippen LogP contribution in [0, 0.1) is 0 Å². The molecule has 0 fully saturated rings. The van der Waals surface area contributed by atoms with Crippen molar-refractivity contribution >= 4 is 38.1 Å². The summed E-state index contributed by atoms with van der Waals surface area (Å²) in [6.07, 6.45) is 0. The quantitative estimate of drug-likeness (QED) is 0.705. The summed E-state index contributed by atoms with van der Waals surface area (Å²) in [5, 5.41) is 2.40. The summed E-state index contributed by atoms with van der Waals surface area (Å²) >= 11 is 7.07. The Morgan fingerprint density at radius 1 is 1.08 bits per heavy atom. The van der Waals surface area contributed by atoms with Gasteiger partial charge in [0.15, 0.2) is 16.6 Å². The third kappa shape index (κ3) is 3.48. The fraction of sp³-hybridized carbons (Fsp3) is 0.118. The lowest BCUT2D eigenvalue weighted by Gasteiger charge is -2.18. The second-order valence-electron chi connectivity index (χ2n) is 5.46. The van der Waals surface area contributed by atoms with Gasteiger partial charge in [-0.1, -0.05) is 17.7 Å². The fourth-order valence-corrected chi connectivity index (χ4v) is 4.74. The molecule has 6 nitrogen and oxygen atoms in total. The van der Waals surface area contributed by atoms with Crippen LogP contribution >= 0.6 is 22.9 Å². The Bertz CT molecular complexity index is 1070. The molecule has 1 aliphatic heterocycles. The molecule has 3 aromatic rings. The lowest BCUT2D eigenvalue weighted by molar-refractivity contribution is 0.171. The summed E-state index contributed by atoms with van der Waals surface area (Å²) in [6.45, 7) is 1.02. The van der Waals surface area contributed by atoms with Gasteiger partial charge in [0, 0.05) is 16.0 Å². The van der Waals surface area contributed by atoms with E-state index in [0.29, 0.717) is 35.4 Å². The van der Waals surface area contributed by atoms with E-state index in [1.165, 1.54) is 23.5 Å². The third-order valence-corrected chi connectivity index (χ3v) is 6.13. The van der Waals surface area contributed by atoms with Crippen molar-refractivity contribution in [1.82, 2.24) is 4.98 Å². The minimum atomic E-state index is -3.75. The number of thiazole rings is 1. The molecule has 0 atom stereocenters. The van der Waals surface area contributed by atoms with E-state index in [1.807, 2.05) is 18.2 Å². The average molecular weight is 409 g/mol. The van der Waals surface area contributed by atoms with E-state index in [-0.39, 0.29) is 10.0 Å². The summed E-state index contributed by atoms with van der Waals surface area (Å²) in [4.78, 5) is 4.45. The number of aromatic nitrogens is 1. The predicted molar refractivity (Wildman–Crippen MR) is 101 cm³/mol. The number of hydrogen-bond donors (Lipinski definition) is 1. The molecule has 2 aromatic carbocycles. The molecule has 1 aromatic heterocycles. The smallest absolute Gasteiger partial charge is 0.263 e. The van der Waals surface area contributed by atoms with Crippen LogP contribution in [0.1, 0.15) is 0 Å². The number of fused-ring (bicyclic) bond motifs is 1. The number of ether oxygens (including phenoxy) is 2. The molecule has 0 bridgehead atoms. The van der Waals surface area contributed by atoms with Crippen LogP contribution in [0.3, 0.4) is 0 Å². The highest BCUT2D eigenvalue weighted by Crippen LogP contribution is 2.35. The number of halogens is 1. The average Bonchev–Trinajstić information content (AvgIpc) is 3.09. The van der Waals surface area contributed by atoms with Crippen LogP contribution in [0.4, 0.5) is 5.13 Å². The van der Waals surface area contributed by atoms with Crippen molar-refractivity contribution in [1.29, 1.82) is 0 Å². The molecule has 0 spiro atoms. The Morgan fingerprint density at radius 2 is 1.88 bits per heavy atom. The maximum absolute atomic E-state index is 12.5. The zero-order chi connectivity index (χ0) is 18.1. The van der Waals surface area contributed by atoms with Gasteiger partial charge < -0.3 is 9.47 Å². The second-order valence-corrected chi connectivity index (χ2v) is 8.44. The van der Waals surface area contributed by atoms with Gasteiger partial charge in [-0.15, -0.1) is 11.3 Å². The van der Waals surface area contributed by atoms with Crippen molar-refractivity contribution in [2.24, 2.45) is 0 Å². The SMILES string of the molecule is O=S(=O)(Nc1nc(-c2ccc3c(c2)OCCO3)cs1)c1cccc(Cl)c1. The van der Waals surface area contributed by atoms with Crippen LogP contribution < -0.4 is 14.2 Å². The van der Waals surface area contributed by atoms with Crippen LogP contribution in [0.2, 0.25) is 5.02 Å². The normalized spacial score (nSPS) is 13.4. The number of sulfonamides is 1. The van der Waals surface area contributed by atoms with Gasteiger partial charge >= 0.3 is 0 Å². The maximum Gasteiger partial charge on any atom is 0.263 e. The summed E-state index contributed by atoms with van der Waals surface area (Å²) in [6, 6.07) is 11.6.